The van der Waals surface area contributed by atoms with Crippen molar-refractivity contribution in [2.45, 2.75) is 26.1 Å². The number of aryl methyl sites for hydroxylation is 1. The Morgan fingerprint density at radius 1 is 1.33 bits per heavy atom. The maximum atomic E-state index is 14.1. The lowest BCUT2D eigenvalue weighted by Crippen LogP contribution is -2.22. The third-order valence-corrected chi connectivity index (χ3v) is 4.03. The van der Waals surface area contributed by atoms with Crippen molar-refractivity contribution >= 4 is 11.3 Å². The molecule has 0 aliphatic heterocycles. The first-order valence-corrected chi connectivity index (χ1v) is 7.17. The number of nitrogens with zero attached hydrogens (tertiary/aromatic N) is 1. The molecule has 21 heavy (non-hydrogen) atoms. The highest BCUT2D eigenvalue weighted by molar-refractivity contribution is 7.11. The van der Waals surface area contributed by atoms with E-state index < -0.39 is 23.0 Å². The molecule has 2 aromatic rings. The maximum Gasteiger partial charge on any atom is 0.443 e. The van der Waals surface area contributed by atoms with E-state index in [2.05, 4.69) is 10.3 Å². The van der Waals surface area contributed by atoms with E-state index in [-0.39, 0.29) is 0 Å². The van der Waals surface area contributed by atoms with E-state index in [1.807, 2.05) is 6.92 Å². The van der Waals surface area contributed by atoms with Crippen molar-refractivity contribution in [2.24, 2.45) is 0 Å². The van der Waals surface area contributed by atoms with Gasteiger partial charge in [0.05, 0.1) is 6.04 Å². The van der Waals surface area contributed by atoms with Gasteiger partial charge in [0.2, 0.25) is 0 Å². The summed E-state index contributed by atoms with van der Waals surface area (Å²) in [5, 5.41) is 2.08. The van der Waals surface area contributed by atoms with Crippen LogP contribution in [0.1, 0.15) is 34.0 Å². The molecule has 1 N–H and O–H groups in total. The van der Waals surface area contributed by atoms with E-state index in [4.69, 9.17) is 0 Å². The van der Waals surface area contributed by atoms with Gasteiger partial charge in [-0.3, -0.25) is 0 Å². The molecule has 0 radical (unpaired) electrons. The predicted octanol–water partition coefficient (Wildman–Crippen LogP) is 4.31. The van der Waals surface area contributed by atoms with Crippen molar-refractivity contribution in [3.05, 3.63) is 51.2 Å². The summed E-state index contributed by atoms with van der Waals surface area (Å²) < 4.78 is 52.0. The summed E-state index contributed by atoms with van der Waals surface area (Å²) in [5.74, 6) is -0.442. The van der Waals surface area contributed by atoms with Gasteiger partial charge in [-0.2, -0.15) is 13.2 Å². The molecule has 0 spiro atoms. The number of alkyl halides is 3. The fourth-order valence-corrected chi connectivity index (χ4v) is 2.86. The van der Waals surface area contributed by atoms with Gasteiger partial charge in [0.15, 0.2) is 5.01 Å². The predicted molar refractivity (Wildman–Crippen MR) is 73.8 cm³/mol. The number of halogens is 4. The first kappa shape index (κ1) is 15.9. The van der Waals surface area contributed by atoms with Gasteiger partial charge >= 0.3 is 6.18 Å². The Morgan fingerprint density at radius 3 is 2.57 bits per heavy atom. The van der Waals surface area contributed by atoms with E-state index in [9.17, 15) is 17.6 Å². The molecule has 0 saturated heterocycles. The molecular formula is C14H14F4N2S. The lowest BCUT2D eigenvalue weighted by Gasteiger charge is -2.17. The monoisotopic (exact) mass is 318 g/mol. The highest BCUT2D eigenvalue weighted by Gasteiger charge is 2.35. The van der Waals surface area contributed by atoms with E-state index in [1.54, 1.807) is 19.1 Å². The van der Waals surface area contributed by atoms with Crippen LogP contribution in [0.15, 0.2) is 24.4 Å². The fourth-order valence-electron chi connectivity index (χ4n) is 1.99. The molecule has 1 unspecified atom stereocenters. The van der Waals surface area contributed by atoms with E-state index in [0.717, 1.165) is 11.8 Å². The highest BCUT2D eigenvalue weighted by atomic mass is 32.1. The molecule has 2 rings (SSSR count). The molecule has 7 heteroatoms. The lowest BCUT2D eigenvalue weighted by molar-refractivity contribution is -0.137. The summed E-state index contributed by atoms with van der Waals surface area (Å²) in [6.07, 6.45) is -3.33. The molecule has 0 bridgehead atoms. The van der Waals surface area contributed by atoms with Crippen molar-refractivity contribution in [1.82, 2.24) is 10.3 Å². The van der Waals surface area contributed by atoms with Gasteiger partial charge in [0, 0.05) is 16.6 Å². The number of aromatic nitrogens is 1. The summed E-state index contributed by atoms with van der Waals surface area (Å²) in [6.45, 7) is 4.06. The van der Waals surface area contributed by atoms with Gasteiger partial charge in [-0.05, 0) is 25.1 Å². The number of thiazole rings is 1. The average molecular weight is 318 g/mol. The summed E-state index contributed by atoms with van der Waals surface area (Å²) in [6, 6.07) is 4.05. The van der Waals surface area contributed by atoms with Crippen LogP contribution in [0.2, 0.25) is 0 Å². The molecule has 114 valence electrons. The topological polar surface area (TPSA) is 24.9 Å². The Morgan fingerprint density at radius 2 is 2.05 bits per heavy atom. The van der Waals surface area contributed by atoms with Crippen molar-refractivity contribution in [3.8, 4) is 0 Å². The van der Waals surface area contributed by atoms with Crippen LogP contribution >= 0.6 is 11.3 Å². The first-order chi connectivity index (χ1) is 9.82. The molecule has 1 heterocycles. The smallest absolute Gasteiger partial charge is 0.306 e. The third kappa shape index (κ3) is 3.59. The fraction of sp³-hybridized carbons (Fsp3) is 0.357. The van der Waals surface area contributed by atoms with E-state index >= 15 is 0 Å². The largest absolute Gasteiger partial charge is 0.443 e. The van der Waals surface area contributed by atoms with Crippen LogP contribution in [0.25, 0.3) is 0 Å². The molecule has 0 saturated carbocycles. The van der Waals surface area contributed by atoms with Gasteiger partial charge < -0.3 is 5.32 Å². The summed E-state index contributed by atoms with van der Waals surface area (Å²) in [4.78, 5) is 3.73. The highest BCUT2D eigenvalue weighted by Crippen LogP contribution is 2.36. The zero-order chi connectivity index (χ0) is 15.6. The summed E-state index contributed by atoms with van der Waals surface area (Å²) >= 11 is 0.530. The van der Waals surface area contributed by atoms with Crippen molar-refractivity contribution < 1.29 is 17.6 Å². The van der Waals surface area contributed by atoms with Crippen molar-refractivity contribution in [3.63, 3.8) is 0 Å². The lowest BCUT2D eigenvalue weighted by atomic mass is 10.0. The van der Waals surface area contributed by atoms with Crippen LogP contribution in [0.5, 0.6) is 0 Å². The summed E-state index contributed by atoms with van der Waals surface area (Å²) in [7, 11) is 0. The second-order valence-electron chi connectivity index (χ2n) is 4.58. The SMILES string of the molecule is CCNC(c1cnc(C(F)(F)F)s1)c1ccc(C)cc1F. The quantitative estimate of drug-likeness (QED) is 0.850. The Bertz CT molecular complexity index is 622. The van der Waals surface area contributed by atoms with E-state index in [1.165, 1.54) is 6.07 Å². The summed E-state index contributed by atoms with van der Waals surface area (Å²) in [5.41, 5.74) is 1.08. The van der Waals surface area contributed by atoms with Crippen LogP contribution in [-0.4, -0.2) is 11.5 Å². The van der Waals surface area contributed by atoms with Crippen LogP contribution in [-0.2, 0) is 6.18 Å². The second kappa shape index (κ2) is 6.11. The van der Waals surface area contributed by atoms with Gasteiger partial charge in [0.1, 0.15) is 5.82 Å². The molecule has 0 aliphatic carbocycles. The van der Waals surface area contributed by atoms with Crippen LogP contribution in [0.3, 0.4) is 0 Å². The Labute approximate surface area is 123 Å². The van der Waals surface area contributed by atoms with Crippen LogP contribution in [0.4, 0.5) is 17.6 Å². The van der Waals surface area contributed by atoms with Crippen molar-refractivity contribution in [1.29, 1.82) is 0 Å². The maximum absolute atomic E-state index is 14.1. The molecule has 0 aliphatic rings. The minimum absolute atomic E-state index is 0.319. The Kier molecular flexibility index (Phi) is 4.63. The Balaban J connectivity index is 2.41. The van der Waals surface area contributed by atoms with Crippen LogP contribution in [0, 0.1) is 12.7 Å². The number of hydrogen-bond acceptors (Lipinski definition) is 3. The average Bonchev–Trinajstić information content (AvgIpc) is 2.86. The molecule has 1 atom stereocenters. The first-order valence-electron chi connectivity index (χ1n) is 6.35. The minimum Gasteiger partial charge on any atom is -0.306 e. The molecule has 2 nitrogen and oxygen atoms in total. The number of nitrogens with one attached hydrogen (secondary N) is 1. The van der Waals surface area contributed by atoms with Gasteiger partial charge in [0.25, 0.3) is 0 Å². The molecule has 0 amide bonds. The van der Waals surface area contributed by atoms with Gasteiger partial charge in [-0.1, -0.05) is 19.1 Å². The zero-order valence-corrected chi connectivity index (χ0v) is 12.3. The molecule has 0 fully saturated rings. The normalized spacial score (nSPS) is 13.4. The minimum atomic E-state index is -4.48. The number of benzene rings is 1. The van der Waals surface area contributed by atoms with Gasteiger partial charge in [-0.15, -0.1) is 11.3 Å². The zero-order valence-electron chi connectivity index (χ0n) is 11.5. The van der Waals surface area contributed by atoms with Crippen molar-refractivity contribution in [2.75, 3.05) is 6.54 Å². The standard InChI is InChI=1S/C14H14F4N2S/c1-3-19-12(9-5-4-8(2)6-10(9)15)11-7-20-13(21-11)14(16,17)18/h4-7,12,19H,3H2,1-2H3. The number of hydrogen-bond donors (Lipinski definition) is 1. The molecule has 1 aromatic carbocycles. The second-order valence-corrected chi connectivity index (χ2v) is 5.64. The van der Waals surface area contributed by atoms with Crippen LogP contribution < -0.4 is 5.32 Å². The Hall–Kier alpha value is -1.47. The van der Waals surface area contributed by atoms with E-state index in [0.29, 0.717) is 28.3 Å². The van der Waals surface area contributed by atoms with Gasteiger partial charge in [-0.25, -0.2) is 9.37 Å². The molecule has 1 aromatic heterocycles. The molecular weight excluding hydrogens is 304 g/mol. The number of rotatable bonds is 4. The third-order valence-electron chi connectivity index (χ3n) is 2.93.